The first kappa shape index (κ1) is 15.8. The second-order valence-electron chi connectivity index (χ2n) is 7.97. The molecule has 3 amide bonds. The summed E-state index contributed by atoms with van der Waals surface area (Å²) in [4.78, 5) is 45.8. The van der Waals surface area contributed by atoms with Crippen LogP contribution in [0.4, 0.5) is 0 Å². The Bertz CT molecular complexity index is 795. The van der Waals surface area contributed by atoms with E-state index in [4.69, 9.17) is 0 Å². The second kappa shape index (κ2) is 5.53. The van der Waals surface area contributed by atoms with Crippen LogP contribution >= 0.6 is 0 Å². The van der Waals surface area contributed by atoms with Gasteiger partial charge >= 0.3 is 0 Å². The van der Waals surface area contributed by atoms with Gasteiger partial charge in [0.25, 0.3) is 0 Å². The number of imide groups is 1. The number of allylic oxidation sites excluding steroid dienone is 2. The summed E-state index contributed by atoms with van der Waals surface area (Å²) in [5.74, 6) is 0.211. The van der Waals surface area contributed by atoms with Gasteiger partial charge in [-0.3, -0.25) is 19.3 Å². The highest BCUT2D eigenvalue weighted by Gasteiger charge is 2.59. The van der Waals surface area contributed by atoms with Gasteiger partial charge in [-0.1, -0.05) is 12.2 Å². The van der Waals surface area contributed by atoms with Crippen molar-refractivity contribution in [3.05, 3.63) is 30.4 Å². The minimum atomic E-state index is -0.241. The zero-order chi connectivity index (χ0) is 18.0. The van der Waals surface area contributed by atoms with Crippen LogP contribution in [0.5, 0.6) is 0 Å². The highest BCUT2D eigenvalue weighted by molar-refractivity contribution is 6.08. The van der Waals surface area contributed by atoms with Crippen LogP contribution in [0.25, 0.3) is 0 Å². The van der Waals surface area contributed by atoms with Crippen molar-refractivity contribution in [3.63, 3.8) is 0 Å². The predicted molar refractivity (Wildman–Crippen MR) is 91.2 cm³/mol. The van der Waals surface area contributed by atoms with Gasteiger partial charge < -0.3 is 9.47 Å². The van der Waals surface area contributed by atoms with Gasteiger partial charge in [-0.25, -0.2) is 4.98 Å². The standard InChI is InChI=1S/C19H22N4O3/c1-21-7-6-20-14(21)9-22(13-4-5-13)15(24)10-23-18(25)16-11-2-3-12(8-11)17(16)19(23)26/h2-3,6-7,11-13,16-17H,4-5,8-10H2,1H3/t11-,12-,16+,17+/m0/s1. The number of carbonyl (C=O) groups is 3. The molecule has 1 aromatic rings. The molecule has 2 heterocycles. The highest BCUT2D eigenvalue weighted by Crippen LogP contribution is 2.52. The number of amides is 3. The molecule has 1 aliphatic heterocycles. The first-order valence-corrected chi connectivity index (χ1v) is 9.34. The molecule has 0 radical (unpaired) electrons. The van der Waals surface area contributed by atoms with E-state index in [2.05, 4.69) is 17.1 Å². The maximum absolute atomic E-state index is 12.9. The Morgan fingerprint density at radius 1 is 1.19 bits per heavy atom. The number of imidazole rings is 1. The van der Waals surface area contributed by atoms with E-state index >= 15 is 0 Å². The molecule has 0 spiro atoms. The van der Waals surface area contributed by atoms with Gasteiger partial charge in [-0.05, 0) is 31.1 Å². The van der Waals surface area contributed by atoms with Crippen molar-refractivity contribution in [2.45, 2.75) is 31.8 Å². The Kier molecular flexibility index (Phi) is 3.36. The molecule has 1 aromatic heterocycles. The minimum absolute atomic E-state index is 0.134. The van der Waals surface area contributed by atoms with Crippen LogP contribution < -0.4 is 0 Å². The maximum atomic E-state index is 12.9. The number of rotatable bonds is 5. The summed E-state index contributed by atoms with van der Waals surface area (Å²) < 4.78 is 1.89. The Morgan fingerprint density at radius 2 is 1.85 bits per heavy atom. The van der Waals surface area contributed by atoms with Crippen molar-refractivity contribution in [1.82, 2.24) is 19.4 Å². The Balaban J connectivity index is 1.32. The number of hydrogen-bond donors (Lipinski definition) is 0. The summed E-state index contributed by atoms with van der Waals surface area (Å²) in [5, 5.41) is 0. The quantitative estimate of drug-likeness (QED) is 0.577. The molecule has 0 aromatic carbocycles. The average Bonchev–Trinajstić information content (AvgIpc) is 2.95. The fourth-order valence-corrected chi connectivity index (χ4v) is 4.85. The number of likely N-dealkylation sites (tertiary alicyclic amines) is 1. The van der Waals surface area contributed by atoms with Crippen LogP contribution in [0.3, 0.4) is 0 Å². The summed E-state index contributed by atoms with van der Waals surface area (Å²) in [6, 6.07) is 0.198. The van der Waals surface area contributed by atoms with Crippen LogP contribution in [-0.4, -0.2) is 49.7 Å². The molecule has 136 valence electrons. The van der Waals surface area contributed by atoms with Gasteiger partial charge in [0, 0.05) is 25.5 Å². The van der Waals surface area contributed by atoms with Crippen LogP contribution in [0.2, 0.25) is 0 Å². The molecule has 0 N–H and O–H groups in total. The lowest BCUT2D eigenvalue weighted by atomic mass is 9.85. The van der Waals surface area contributed by atoms with E-state index in [0.29, 0.717) is 6.54 Å². The van der Waals surface area contributed by atoms with E-state index in [0.717, 1.165) is 25.1 Å². The van der Waals surface area contributed by atoms with Crippen molar-refractivity contribution in [2.24, 2.45) is 30.7 Å². The lowest BCUT2D eigenvalue weighted by Gasteiger charge is -2.25. The normalized spacial score (nSPS) is 31.8. The lowest BCUT2D eigenvalue weighted by molar-refractivity contribution is -0.147. The SMILES string of the molecule is Cn1ccnc1CN(C(=O)CN1C(=O)[C@H]2[C@H](C1=O)[C@H]1C=C[C@H]2C1)C1CC1. The van der Waals surface area contributed by atoms with E-state index in [1.807, 2.05) is 17.8 Å². The first-order valence-electron chi connectivity index (χ1n) is 9.34. The largest absolute Gasteiger partial charge is 0.337 e. The average molecular weight is 354 g/mol. The van der Waals surface area contributed by atoms with Crippen molar-refractivity contribution >= 4 is 17.7 Å². The van der Waals surface area contributed by atoms with Crippen LogP contribution in [0.1, 0.15) is 25.1 Å². The van der Waals surface area contributed by atoms with E-state index in [1.165, 1.54) is 4.90 Å². The van der Waals surface area contributed by atoms with E-state index in [1.54, 1.807) is 11.1 Å². The summed E-state index contributed by atoms with van der Waals surface area (Å²) in [5.41, 5.74) is 0. The van der Waals surface area contributed by atoms with Crippen LogP contribution in [-0.2, 0) is 28.0 Å². The summed E-state index contributed by atoms with van der Waals surface area (Å²) in [6.45, 7) is 0.286. The van der Waals surface area contributed by atoms with Gasteiger partial charge in [-0.2, -0.15) is 0 Å². The van der Waals surface area contributed by atoms with Crippen LogP contribution in [0.15, 0.2) is 24.5 Å². The van der Waals surface area contributed by atoms with Crippen molar-refractivity contribution in [1.29, 1.82) is 0 Å². The van der Waals surface area contributed by atoms with Gasteiger partial charge in [0.1, 0.15) is 12.4 Å². The van der Waals surface area contributed by atoms with Gasteiger partial charge in [-0.15, -0.1) is 0 Å². The zero-order valence-corrected chi connectivity index (χ0v) is 14.7. The Morgan fingerprint density at radius 3 is 2.38 bits per heavy atom. The molecule has 5 rings (SSSR count). The molecular formula is C19H22N4O3. The second-order valence-corrected chi connectivity index (χ2v) is 7.97. The maximum Gasteiger partial charge on any atom is 0.243 e. The summed E-state index contributed by atoms with van der Waals surface area (Å²) in [7, 11) is 1.90. The molecule has 7 nitrogen and oxygen atoms in total. The molecule has 0 unspecified atom stereocenters. The molecule has 7 heteroatoms. The number of carbonyl (C=O) groups excluding carboxylic acids is 3. The molecule has 4 atom stereocenters. The minimum Gasteiger partial charge on any atom is -0.337 e. The van der Waals surface area contributed by atoms with E-state index in [9.17, 15) is 14.4 Å². The Labute approximate surface area is 151 Å². The number of aryl methyl sites for hydroxylation is 1. The van der Waals surface area contributed by atoms with Crippen molar-refractivity contribution < 1.29 is 14.4 Å². The lowest BCUT2D eigenvalue weighted by Crippen LogP contribution is -2.44. The molecule has 3 aliphatic carbocycles. The zero-order valence-electron chi connectivity index (χ0n) is 14.7. The van der Waals surface area contributed by atoms with Crippen molar-refractivity contribution in [3.8, 4) is 0 Å². The molecule has 3 fully saturated rings. The van der Waals surface area contributed by atoms with Crippen molar-refractivity contribution in [2.75, 3.05) is 6.54 Å². The fraction of sp³-hybridized carbons (Fsp3) is 0.579. The number of nitrogens with zero attached hydrogens (tertiary/aromatic N) is 4. The number of fused-ring (bicyclic) bond motifs is 5. The van der Waals surface area contributed by atoms with Gasteiger partial charge in [0.15, 0.2) is 0 Å². The first-order chi connectivity index (χ1) is 12.5. The molecule has 2 bridgehead atoms. The molecule has 26 heavy (non-hydrogen) atoms. The van der Waals surface area contributed by atoms with Gasteiger partial charge in [0.2, 0.25) is 17.7 Å². The smallest absolute Gasteiger partial charge is 0.243 e. The summed E-state index contributed by atoms with van der Waals surface area (Å²) >= 11 is 0. The Hall–Kier alpha value is -2.44. The molecule has 1 saturated heterocycles. The molecule has 2 saturated carbocycles. The topological polar surface area (TPSA) is 75.5 Å². The number of hydrogen-bond acceptors (Lipinski definition) is 4. The third-order valence-electron chi connectivity index (χ3n) is 6.40. The van der Waals surface area contributed by atoms with Gasteiger partial charge in [0.05, 0.1) is 18.4 Å². The number of aromatic nitrogens is 2. The summed E-state index contributed by atoms with van der Waals surface area (Å²) in [6.07, 6.45) is 10.5. The predicted octanol–water partition coefficient (Wildman–Crippen LogP) is 0.718. The third-order valence-corrected chi connectivity index (χ3v) is 6.40. The fourth-order valence-electron chi connectivity index (χ4n) is 4.85. The molecule has 4 aliphatic rings. The highest BCUT2D eigenvalue weighted by atomic mass is 16.2. The monoisotopic (exact) mass is 354 g/mol. The molecular weight excluding hydrogens is 332 g/mol. The van der Waals surface area contributed by atoms with E-state index in [-0.39, 0.29) is 54.0 Å². The van der Waals surface area contributed by atoms with E-state index < -0.39 is 0 Å². The third kappa shape index (κ3) is 2.26. The van der Waals surface area contributed by atoms with Crippen LogP contribution in [0, 0.1) is 23.7 Å².